The van der Waals surface area contributed by atoms with Gasteiger partial charge in [0.15, 0.2) is 9.84 Å². The van der Waals surface area contributed by atoms with E-state index in [9.17, 15) is 13.2 Å². The largest absolute Gasteiger partial charge is 0.271 e. The number of sulfone groups is 1. The molecule has 0 radical (unpaired) electrons. The number of amides is 1. The third-order valence-corrected chi connectivity index (χ3v) is 3.47. The summed E-state index contributed by atoms with van der Waals surface area (Å²) in [7, 11) is -3.31. The van der Waals surface area contributed by atoms with Crippen LogP contribution in [0.3, 0.4) is 0 Å². The van der Waals surface area contributed by atoms with Crippen LogP contribution < -0.4 is 0 Å². The van der Waals surface area contributed by atoms with Gasteiger partial charge in [-0.15, -0.1) is 0 Å². The SMILES string of the molecule is CC(C(=O)N1CCCO1)S(C)(=O)=O. The lowest BCUT2D eigenvalue weighted by Gasteiger charge is -2.17. The van der Waals surface area contributed by atoms with Gasteiger partial charge in [0, 0.05) is 6.26 Å². The highest BCUT2D eigenvalue weighted by molar-refractivity contribution is 7.92. The molecule has 76 valence electrons. The van der Waals surface area contributed by atoms with E-state index in [2.05, 4.69) is 0 Å². The van der Waals surface area contributed by atoms with Crippen LogP contribution in [-0.4, -0.2) is 44.0 Å². The van der Waals surface area contributed by atoms with Gasteiger partial charge in [-0.2, -0.15) is 0 Å². The molecule has 1 heterocycles. The summed E-state index contributed by atoms with van der Waals surface area (Å²) in [4.78, 5) is 16.4. The van der Waals surface area contributed by atoms with Gasteiger partial charge < -0.3 is 0 Å². The Morgan fingerprint density at radius 3 is 2.54 bits per heavy atom. The summed E-state index contributed by atoms with van der Waals surface area (Å²) in [6.07, 6.45) is 1.81. The fraction of sp³-hybridized carbons (Fsp3) is 0.857. The zero-order valence-electron chi connectivity index (χ0n) is 7.69. The van der Waals surface area contributed by atoms with E-state index in [0.717, 1.165) is 17.7 Å². The van der Waals surface area contributed by atoms with Crippen molar-refractivity contribution in [3.63, 3.8) is 0 Å². The molecule has 1 aliphatic heterocycles. The molecular weight excluding hydrogens is 194 g/mol. The molecule has 1 atom stereocenters. The number of carbonyl (C=O) groups is 1. The van der Waals surface area contributed by atoms with Crippen LogP contribution in [-0.2, 0) is 19.5 Å². The number of hydroxylamine groups is 2. The summed E-state index contributed by atoms with van der Waals surface area (Å²) in [6, 6.07) is 0. The Kier molecular flexibility index (Phi) is 2.92. The second-order valence-corrected chi connectivity index (χ2v) is 5.47. The van der Waals surface area contributed by atoms with Gasteiger partial charge in [-0.25, -0.2) is 13.5 Å². The van der Waals surface area contributed by atoms with Crippen molar-refractivity contribution >= 4 is 15.7 Å². The van der Waals surface area contributed by atoms with E-state index in [1.165, 1.54) is 6.92 Å². The van der Waals surface area contributed by atoms with E-state index in [0.29, 0.717) is 13.2 Å². The number of nitrogens with zero attached hydrogens (tertiary/aromatic N) is 1. The van der Waals surface area contributed by atoms with E-state index in [1.807, 2.05) is 0 Å². The average Bonchev–Trinajstić information content (AvgIpc) is 2.51. The van der Waals surface area contributed by atoms with Crippen molar-refractivity contribution in [3.8, 4) is 0 Å². The summed E-state index contributed by atoms with van der Waals surface area (Å²) in [5.41, 5.74) is 0. The summed E-state index contributed by atoms with van der Waals surface area (Å²) >= 11 is 0. The van der Waals surface area contributed by atoms with Gasteiger partial charge in [-0.1, -0.05) is 0 Å². The van der Waals surface area contributed by atoms with Gasteiger partial charge in [0.25, 0.3) is 5.91 Å². The molecule has 5 nitrogen and oxygen atoms in total. The number of carbonyl (C=O) groups excluding carboxylic acids is 1. The van der Waals surface area contributed by atoms with Gasteiger partial charge in [0.1, 0.15) is 5.25 Å². The normalized spacial score (nSPS) is 20.3. The van der Waals surface area contributed by atoms with Gasteiger partial charge in [-0.3, -0.25) is 9.63 Å². The molecule has 6 heteroatoms. The van der Waals surface area contributed by atoms with Crippen LogP contribution in [0.15, 0.2) is 0 Å². The maximum atomic E-state index is 11.4. The highest BCUT2D eigenvalue weighted by Crippen LogP contribution is 2.10. The minimum atomic E-state index is -3.31. The van der Waals surface area contributed by atoms with Crippen molar-refractivity contribution in [2.45, 2.75) is 18.6 Å². The molecule has 0 bridgehead atoms. The Labute approximate surface area is 77.5 Å². The third-order valence-electron chi connectivity index (χ3n) is 1.99. The Hall–Kier alpha value is -0.620. The summed E-state index contributed by atoms with van der Waals surface area (Å²) in [5.74, 6) is -0.472. The highest BCUT2D eigenvalue weighted by Gasteiger charge is 2.30. The molecule has 1 rings (SSSR count). The van der Waals surface area contributed by atoms with Gasteiger partial charge in [-0.05, 0) is 13.3 Å². The highest BCUT2D eigenvalue weighted by atomic mass is 32.2. The summed E-state index contributed by atoms with van der Waals surface area (Å²) < 4.78 is 22.1. The molecule has 0 aromatic rings. The molecule has 0 saturated carbocycles. The van der Waals surface area contributed by atoms with Crippen LogP contribution in [0.1, 0.15) is 13.3 Å². The van der Waals surface area contributed by atoms with Crippen LogP contribution in [0.25, 0.3) is 0 Å². The molecule has 0 N–H and O–H groups in total. The van der Waals surface area contributed by atoms with Gasteiger partial charge in [0.05, 0.1) is 13.2 Å². The van der Waals surface area contributed by atoms with Crippen molar-refractivity contribution in [2.24, 2.45) is 0 Å². The van der Waals surface area contributed by atoms with Gasteiger partial charge >= 0.3 is 0 Å². The van der Waals surface area contributed by atoms with Crippen LogP contribution in [0.2, 0.25) is 0 Å². The smallest absolute Gasteiger partial charge is 0.264 e. The van der Waals surface area contributed by atoms with Crippen LogP contribution >= 0.6 is 0 Å². The minimum Gasteiger partial charge on any atom is -0.271 e. The quantitative estimate of drug-likeness (QED) is 0.617. The standard InChI is InChI=1S/C7H13NO4S/c1-6(13(2,10)11)7(9)8-4-3-5-12-8/h6H,3-5H2,1-2H3. The van der Waals surface area contributed by atoms with Gasteiger partial charge in [0.2, 0.25) is 0 Å². The monoisotopic (exact) mass is 207 g/mol. The number of rotatable bonds is 2. The van der Waals surface area contributed by atoms with Crippen LogP contribution in [0.5, 0.6) is 0 Å². The molecule has 0 spiro atoms. The second-order valence-electron chi connectivity index (χ2n) is 3.10. The number of hydrogen-bond acceptors (Lipinski definition) is 4. The molecule has 1 fully saturated rings. The molecule has 0 aromatic heterocycles. The van der Waals surface area contributed by atoms with Crippen molar-refractivity contribution in [1.82, 2.24) is 5.06 Å². The van der Waals surface area contributed by atoms with Crippen molar-refractivity contribution in [3.05, 3.63) is 0 Å². The number of hydrogen-bond donors (Lipinski definition) is 0. The molecule has 1 amide bonds. The Morgan fingerprint density at radius 2 is 2.15 bits per heavy atom. The fourth-order valence-electron chi connectivity index (χ4n) is 1.01. The zero-order valence-corrected chi connectivity index (χ0v) is 8.50. The Bertz CT molecular complexity index is 292. The molecule has 1 aliphatic rings. The van der Waals surface area contributed by atoms with Crippen molar-refractivity contribution < 1.29 is 18.0 Å². The molecular formula is C7H13NO4S. The zero-order chi connectivity index (χ0) is 10.1. The van der Waals surface area contributed by atoms with E-state index < -0.39 is 21.0 Å². The van der Waals surface area contributed by atoms with Crippen molar-refractivity contribution in [1.29, 1.82) is 0 Å². The minimum absolute atomic E-state index is 0.472. The molecule has 1 saturated heterocycles. The molecule has 13 heavy (non-hydrogen) atoms. The van der Waals surface area contributed by atoms with Crippen molar-refractivity contribution in [2.75, 3.05) is 19.4 Å². The lowest BCUT2D eigenvalue weighted by Crippen LogP contribution is -2.38. The lowest BCUT2D eigenvalue weighted by atomic mass is 10.4. The molecule has 1 unspecified atom stereocenters. The summed E-state index contributed by atoms with van der Waals surface area (Å²) in [6.45, 7) is 2.35. The maximum Gasteiger partial charge on any atom is 0.264 e. The van der Waals surface area contributed by atoms with E-state index in [4.69, 9.17) is 4.84 Å². The first-order valence-corrected chi connectivity index (χ1v) is 6.01. The average molecular weight is 207 g/mol. The van der Waals surface area contributed by atoms with E-state index >= 15 is 0 Å². The maximum absolute atomic E-state index is 11.4. The molecule has 0 aliphatic carbocycles. The van der Waals surface area contributed by atoms with Crippen LogP contribution in [0, 0.1) is 0 Å². The third kappa shape index (κ3) is 2.41. The van der Waals surface area contributed by atoms with Crippen LogP contribution in [0.4, 0.5) is 0 Å². The first-order valence-electron chi connectivity index (χ1n) is 4.06. The molecule has 0 aromatic carbocycles. The van der Waals surface area contributed by atoms with E-state index in [-0.39, 0.29) is 0 Å². The Morgan fingerprint density at radius 1 is 1.54 bits per heavy atom. The predicted molar refractivity (Wildman–Crippen MR) is 46.6 cm³/mol. The lowest BCUT2D eigenvalue weighted by molar-refractivity contribution is -0.167. The second kappa shape index (κ2) is 3.63. The fourth-order valence-corrected chi connectivity index (χ4v) is 1.49. The first-order chi connectivity index (χ1) is 5.93. The summed E-state index contributed by atoms with van der Waals surface area (Å²) in [5, 5.41) is 0.122. The van der Waals surface area contributed by atoms with E-state index in [1.54, 1.807) is 0 Å². The first kappa shape index (κ1) is 10.5. The Balaban J connectivity index is 2.67. The predicted octanol–water partition coefficient (Wildman–Crippen LogP) is -0.417. The topological polar surface area (TPSA) is 63.7 Å².